The van der Waals surface area contributed by atoms with E-state index < -0.39 is 0 Å². The molecule has 3 N–H and O–H groups in total. The normalized spacial score (nSPS) is 16.8. The van der Waals surface area contributed by atoms with Crippen molar-refractivity contribution < 1.29 is 4.79 Å². The van der Waals surface area contributed by atoms with Gasteiger partial charge in [0.2, 0.25) is 0 Å². The van der Waals surface area contributed by atoms with Crippen molar-refractivity contribution in [1.29, 1.82) is 0 Å². The largest absolute Gasteiger partial charge is 0.345 e. The molecule has 0 saturated heterocycles. The van der Waals surface area contributed by atoms with Gasteiger partial charge in [-0.3, -0.25) is 4.79 Å². The lowest BCUT2D eigenvalue weighted by atomic mass is 9.97. The van der Waals surface area contributed by atoms with E-state index in [4.69, 9.17) is 28.9 Å². The van der Waals surface area contributed by atoms with Gasteiger partial charge >= 0.3 is 0 Å². The van der Waals surface area contributed by atoms with Crippen molar-refractivity contribution in [2.24, 2.45) is 5.73 Å². The zero-order chi connectivity index (χ0) is 13.2. The Morgan fingerprint density at radius 1 is 1.32 bits per heavy atom. The monoisotopic (exact) mass is 322 g/mol. The Labute approximate surface area is 129 Å². The number of nitrogens with two attached hydrogens (primary N) is 1. The Hall–Kier alpha value is -0.480. The minimum absolute atomic E-state index is 0. The summed E-state index contributed by atoms with van der Waals surface area (Å²) in [4.78, 5) is 12.2. The first-order valence-corrected chi connectivity index (χ1v) is 6.79. The molecule has 2 rings (SSSR count). The molecular weight excluding hydrogens is 307 g/mol. The summed E-state index contributed by atoms with van der Waals surface area (Å²) in [5.41, 5.74) is 5.92. The van der Waals surface area contributed by atoms with Crippen molar-refractivity contribution in [2.75, 3.05) is 6.54 Å². The lowest BCUT2D eigenvalue weighted by Gasteiger charge is -2.28. The van der Waals surface area contributed by atoms with Crippen LogP contribution in [0.25, 0.3) is 0 Å². The molecule has 0 atom stereocenters. The molecule has 1 aliphatic carbocycles. The Balaban J connectivity index is 0.00000180. The number of nitrogens with one attached hydrogen (secondary N) is 1. The van der Waals surface area contributed by atoms with Crippen LogP contribution >= 0.6 is 35.6 Å². The second kappa shape index (κ2) is 6.80. The number of carbonyl (C=O) groups excluding carboxylic acids is 1. The molecule has 1 aromatic carbocycles. The van der Waals surface area contributed by atoms with Crippen molar-refractivity contribution in [3.63, 3.8) is 0 Å². The topological polar surface area (TPSA) is 55.1 Å². The third-order valence-corrected chi connectivity index (χ3v) is 4.07. The van der Waals surface area contributed by atoms with Crippen LogP contribution < -0.4 is 11.1 Å². The molecular formula is C13H17Cl3N2O. The van der Waals surface area contributed by atoms with Gasteiger partial charge in [0.15, 0.2) is 0 Å². The Morgan fingerprint density at radius 2 is 1.95 bits per heavy atom. The SMILES string of the molecule is Cl.NCC1(NC(=O)c2cc(Cl)ccc2Cl)CCCC1. The number of halogens is 3. The molecule has 1 saturated carbocycles. The van der Waals surface area contributed by atoms with Crippen LogP contribution in [0.5, 0.6) is 0 Å². The van der Waals surface area contributed by atoms with Crippen LogP contribution in [0.15, 0.2) is 18.2 Å². The number of hydrogen-bond acceptors (Lipinski definition) is 2. The van der Waals surface area contributed by atoms with Gasteiger partial charge < -0.3 is 11.1 Å². The van der Waals surface area contributed by atoms with E-state index in [1.807, 2.05) is 0 Å². The molecule has 3 nitrogen and oxygen atoms in total. The van der Waals surface area contributed by atoms with Crippen LogP contribution in [-0.2, 0) is 0 Å². The predicted octanol–water partition coefficient (Wildman–Crippen LogP) is 3.42. The average Bonchev–Trinajstić information content (AvgIpc) is 2.81. The molecule has 0 aliphatic heterocycles. The van der Waals surface area contributed by atoms with Crippen LogP contribution in [0, 0.1) is 0 Å². The van der Waals surface area contributed by atoms with Gasteiger partial charge in [0.1, 0.15) is 0 Å². The second-order valence-corrected chi connectivity index (χ2v) is 5.61. The molecule has 0 bridgehead atoms. The lowest BCUT2D eigenvalue weighted by Crippen LogP contribution is -2.51. The summed E-state index contributed by atoms with van der Waals surface area (Å²) in [6, 6.07) is 4.87. The highest BCUT2D eigenvalue weighted by molar-refractivity contribution is 6.35. The van der Waals surface area contributed by atoms with Gasteiger partial charge in [-0.25, -0.2) is 0 Å². The molecule has 1 aliphatic rings. The molecule has 0 heterocycles. The minimum atomic E-state index is -0.275. The van der Waals surface area contributed by atoms with Gasteiger partial charge in [-0.05, 0) is 31.0 Å². The first-order valence-electron chi connectivity index (χ1n) is 6.04. The standard InChI is InChI=1S/C13H16Cl2N2O.ClH/c14-9-3-4-11(15)10(7-9)12(18)17-13(8-16)5-1-2-6-13;/h3-4,7H,1-2,5-6,8,16H2,(H,17,18);1H. The zero-order valence-electron chi connectivity index (χ0n) is 10.4. The molecule has 1 amide bonds. The summed E-state index contributed by atoms with van der Waals surface area (Å²) in [5.74, 6) is -0.199. The molecule has 0 aromatic heterocycles. The second-order valence-electron chi connectivity index (χ2n) is 4.77. The molecule has 6 heteroatoms. The minimum Gasteiger partial charge on any atom is -0.345 e. The van der Waals surface area contributed by atoms with Crippen molar-refractivity contribution in [1.82, 2.24) is 5.32 Å². The van der Waals surface area contributed by atoms with E-state index in [1.54, 1.807) is 18.2 Å². The zero-order valence-corrected chi connectivity index (χ0v) is 12.7. The van der Waals surface area contributed by atoms with E-state index in [9.17, 15) is 4.79 Å². The van der Waals surface area contributed by atoms with Gasteiger partial charge in [0.05, 0.1) is 16.1 Å². The van der Waals surface area contributed by atoms with Crippen molar-refractivity contribution >= 4 is 41.5 Å². The molecule has 106 valence electrons. The van der Waals surface area contributed by atoms with E-state index in [0.717, 1.165) is 25.7 Å². The Bertz CT molecular complexity index is 459. The number of benzene rings is 1. The van der Waals surface area contributed by atoms with Gasteiger partial charge in [-0.2, -0.15) is 0 Å². The quantitative estimate of drug-likeness (QED) is 0.895. The van der Waals surface area contributed by atoms with E-state index in [-0.39, 0.29) is 23.9 Å². The first-order chi connectivity index (χ1) is 8.56. The number of rotatable bonds is 3. The van der Waals surface area contributed by atoms with E-state index in [1.165, 1.54) is 0 Å². The van der Waals surface area contributed by atoms with E-state index in [0.29, 0.717) is 22.2 Å². The van der Waals surface area contributed by atoms with E-state index >= 15 is 0 Å². The summed E-state index contributed by atoms with van der Waals surface area (Å²) < 4.78 is 0. The van der Waals surface area contributed by atoms with Gasteiger partial charge in [-0.15, -0.1) is 12.4 Å². The maximum absolute atomic E-state index is 12.2. The van der Waals surface area contributed by atoms with Gasteiger partial charge in [0, 0.05) is 11.6 Å². The van der Waals surface area contributed by atoms with Crippen LogP contribution in [0.2, 0.25) is 10.0 Å². The highest BCUT2D eigenvalue weighted by Crippen LogP contribution is 2.29. The summed E-state index contributed by atoms with van der Waals surface area (Å²) >= 11 is 11.9. The van der Waals surface area contributed by atoms with Crippen LogP contribution in [0.3, 0.4) is 0 Å². The maximum atomic E-state index is 12.2. The number of hydrogen-bond donors (Lipinski definition) is 2. The van der Waals surface area contributed by atoms with Crippen LogP contribution in [0.1, 0.15) is 36.0 Å². The molecule has 0 radical (unpaired) electrons. The summed E-state index contributed by atoms with van der Waals surface area (Å²) in [7, 11) is 0. The van der Waals surface area contributed by atoms with Crippen LogP contribution in [-0.4, -0.2) is 18.0 Å². The third kappa shape index (κ3) is 3.76. The fourth-order valence-corrected chi connectivity index (χ4v) is 2.79. The fourth-order valence-electron chi connectivity index (χ4n) is 2.41. The maximum Gasteiger partial charge on any atom is 0.253 e. The summed E-state index contributed by atoms with van der Waals surface area (Å²) in [5, 5.41) is 3.92. The number of amides is 1. The third-order valence-electron chi connectivity index (χ3n) is 3.50. The van der Waals surface area contributed by atoms with Crippen molar-refractivity contribution in [2.45, 2.75) is 31.2 Å². The Kier molecular flexibility index (Phi) is 5.93. The van der Waals surface area contributed by atoms with Crippen LogP contribution in [0.4, 0.5) is 0 Å². The van der Waals surface area contributed by atoms with Gasteiger partial charge in [0.25, 0.3) is 5.91 Å². The first kappa shape index (κ1) is 16.6. The smallest absolute Gasteiger partial charge is 0.253 e. The number of carbonyl (C=O) groups is 1. The fraction of sp³-hybridized carbons (Fsp3) is 0.462. The highest BCUT2D eigenvalue weighted by atomic mass is 35.5. The van der Waals surface area contributed by atoms with E-state index in [2.05, 4.69) is 5.32 Å². The summed E-state index contributed by atoms with van der Waals surface area (Å²) in [6.07, 6.45) is 4.04. The predicted molar refractivity (Wildman–Crippen MR) is 81.4 cm³/mol. The molecule has 0 unspecified atom stereocenters. The Morgan fingerprint density at radius 3 is 2.53 bits per heavy atom. The molecule has 19 heavy (non-hydrogen) atoms. The molecule has 0 spiro atoms. The lowest BCUT2D eigenvalue weighted by molar-refractivity contribution is 0.0903. The van der Waals surface area contributed by atoms with Gasteiger partial charge in [-0.1, -0.05) is 36.0 Å². The van der Waals surface area contributed by atoms with Crippen molar-refractivity contribution in [3.05, 3.63) is 33.8 Å². The average molecular weight is 324 g/mol. The van der Waals surface area contributed by atoms with Crippen molar-refractivity contribution in [3.8, 4) is 0 Å². The summed E-state index contributed by atoms with van der Waals surface area (Å²) in [6.45, 7) is 0.455. The molecule has 1 aromatic rings. The highest BCUT2D eigenvalue weighted by Gasteiger charge is 2.34. The molecule has 1 fully saturated rings.